The van der Waals surface area contributed by atoms with Gasteiger partial charge in [0.2, 0.25) is 10.0 Å². The van der Waals surface area contributed by atoms with E-state index in [1.54, 1.807) is 0 Å². The first kappa shape index (κ1) is 15.4. The van der Waals surface area contributed by atoms with E-state index in [1.807, 2.05) is 27.7 Å². The fourth-order valence-electron chi connectivity index (χ4n) is 2.66. The van der Waals surface area contributed by atoms with Gasteiger partial charge >= 0.3 is 0 Å². The number of nitrogens with one attached hydrogen (secondary N) is 1. The van der Waals surface area contributed by atoms with Crippen molar-refractivity contribution in [3.8, 4) is 0 Å². The van der Waals surface area contributed by atoms with E-state index < -0.39 is 15.8 Å². The molecule has 0 aromatic heterocycles. The van der Waals surface area contributed by atoms with Crippen LogP contribution >= 0.6 is 0 Å². The molecular weight excluding hydrogens is 279 g/mol. The summed E-state index contributed by atoms with van der Waals surface area (Å²) < 4.78 is 40.9. The smallest absolute Gasteiger partial charge is 0.241 e. The molecule has 1 aromatic rings. The van der Waals surface area contributed by atoms with Crippen LogP contribution in [-0.4, -0.2) is 14.5 Å². The number of halogens is 1. The van der Waals surface area contributed by atoms with Crippen LogP contribution in [0.4, 0.5) is 4.39 Å². The zero-order valence-corrected chi connectivity index (χ0v) is 13.0. The van der Waals surface area contributed by atoms with Crippen LogP contribution in [0.3, 0.4) is 0 Å². The van der Waals surface area contributed by atoms with Gasteiger partial charge in [-0.05, 0) is 28.5 Å². The van der Waals surface area contributed by atoms with Crippen molar-refractivity contribution in [1.82, 2.24) is 4.72 Å². The SMILES string of the molecule is CC1(C)C(NS(=O)(=O)c2cc(F)ccc2CN)C1(C)C. The minimum absolute atomic E-state index is 0.0496. The summed E-state index contributed by atoms with van der Waals surface area (Å²) in [7, 11) is -3.77. The lowest BCUT2D eigenvalue weighted by Crippen LogP contribution is -2.31. The molecule has 0 unspecified atom stereocenters. The summed E-state index contributed by atoms with van der Waals surface area (Å²) >= 11 is 0. The molecule has 112 valence electrons. The molecule has 3 N–H and O–H groups in total. The van der Waals surface area contributed by atoms with Gasteiger partial charge in [0.1, 0.15) is 5.82 Å². The van der Waals surface area contributed by atoms with Gasteiger partial charge in [-0.25, -0.2) is 17.5 Å². The van der Waals surface area contributed by atoms with Crippen LogP contribution in [0.2, 0.25) is 0 Å². The summed E-state index contributed by atoms with van der Waals surface area (Å²) in [6.45, 7) is 8.09. The maximum absolute atomic E-state index is 13.3. The topological polar surface area (TPSA) is 72.2 Å². The third-order valence-electron chi connectivity index (χ3n) is 4.83. The highest BCUT2D eigenvalue weighted by Gasteiger charge is 2.66. The van der Waals surface area contributed by atoms with E-state index in [9.17, 15) is 12.8 Å². The average molecular weight is 300 g/mol. The Morgan fingerprint density at radius 2 is 1.80 bits per heavy atom. The second-order valence-electron chi connectivity index (χ2n) is 6.45. The summed E-state index contributed by atoms with van der Waals surface area (Å²) in [5.74, 6) is -0.586. The molecule has 1 aliphatic carbocycles. The number of rotatable bonds is 4. The number of hydrogen-bond donors (Lipinski definition) is 2. The highest BCUT2D eigenvalue weighted by molar-refractivity contribution is 7.89. The maximum atomic E-state index is 13.3. The monoisotopic (exact) mass is 300 g/mol. The Balaban J connectivity index is 2.36. The summed E-state index contributed by atoms with van der Waals surface area (Å²) in [5.41, 5.74) is 5.69. The van der Waals surface area contributed by atoms with Crippen LogP contribution in [-0.2, 0) is 16.6 Å². The van der Waals surface area contributed by atoms with Crippen LogP contribution in [0, 0.1) is 16.6 Å². The quantitative estimate of drug-likeness (QED) is 0.893. The molecule has 0 bridgehead atoms. The first-order valence-electron chi connectivity index (χ1n) is 6.55. The molecule has 0 radical (unpaired) electrons. The van der Waals surface area contributed by atoms with Gasteiger partial charge in [0, 0.05) is 12.6 Å². The van der Waals surface area contributed by atoms with E-state index in [2.05, 4.69) is 4.72 Å². The Morgan fingerprint density at radius 1 is 1.25 bits per heavy atom. The predicted octanol–water partition coefficient (Wildman–Crippen LogP) is 2.00. The third kappa shape index (κ3) is 2.25. The van der Waals surface area contributed by atoms with Gasteiger partial charge < -0.3 is 5.73 Å². The molecule has 1 fully saturated rings. The van der Waals surface area contributed by atoms with Crippen LogP contribution in [0.5, 0.6) is 0 Å². The fraction of sp³-hybridized carbons (Fsp3) is 0.571. The van der Waals surface area contributed by atoms with Crippen molar-refractivity contribution in [3.63, 3.8) is 0 Å². The van der Waals surface area contributed by atoms with E-state index in [1.165, 1.54) is 12.1 Å². The lowest BCUT2D eigenvalue weighted by molar-refractivity contribution is 0.457. The molecule has 1 saturated carbocycles. The molecule has 0 atom stereocenters. The molecule has 0 amide bonds. The number of hydrogen-bond acceptors (Lipinski definition) is 3. The van der Waals surface area contributed by atoms with Crippen LogP contribution in [0.15, 0.2) is 23.1 Å². The van der Waals surface area contributed by atoms with Crippen molar-refractivity contribution in [1.29, 1.82) is 0 Å². The highest BCUT2D eigenvalue weighted by Crippen LogP contribution is 2.62. The number of sulfonamides is 1. The zero-order chi connectivity index (χ0) is 15.3. The summed E-state index contributed by atoms with van der Waals surface area (Å²) in [6, 6.07) is 3.47. The third-order valence-corrected chi connectivity index (χ3v) is 6.34. The lowest BCUT2D eigenvalue weighted by Gasteiger charge is -2.12. The minimum Gasteiger partial charge on any atom is -0.326 e. The first-order valence-corrected chi connectivity index (χ1v) is 8.03. The van der Waals surface area contributed by atoms with Crippen LogP contribution in [0.1, 0.15) is 33.3 Å². The molecule has 4 nitrogen and oxygen atoms in total. The molecule has 20 heavy (non-hydrogen) atoms. The molecule has 2 rings (SSSR count). The first-order chi connectivity index (χ1) is 9.04. The Labute approximate surface area is 119 Å². The summed E-state index contributed by atoms with van der Waals surface area (Å²) in [4.78, 5) is -0.0708. The van der Waals surface area contributed by atoms with E-state index >= 15 is 0 Å². The second kappa shape index (κ2) is 4.51. The predicted molar refractivity (Wildman–Crippen MR) is 76.0 cm³/mol. The Morgan fingerprint density at radius 3 is 2.25 bits per heavy atom. The fourth-order valence-corrected chi connectivity index (χ4v) is 4.45. The van der Waals surface area contributed by atoms with E-state index in [0.29, 0.717) is 5.56 Å². The Bertz CT molecular complexity index is 625. The Hall–Kier alpha value is -0.980. The molecule has 6 heteroatoms. The largest absolute Gasteiger partial charge is 0.326 e. The molecule has 1 aromatic carbocycles. The average Bonchev–Trinajstić information content (AvgIpc) is 2.71. The molecule has 0 spiro atoms. The van der Waals surface area contributed by atoms with E-state index in [-0.39, 0.29) is 28.3 Å². The van der Waals surface area contributed by atoms with Gasteiger partial charge in [0.05, 0.1) is 4.90 Å². The minimum atomic E-state index is -3.77. The second-order valence-corrected chi connectivity index (χ2v) is 8.14. The van der Waals surface area contributed by atoms with Gasteiger partial charge in [-0.2, -0.15) is 0 Å². The van der Waals surface area contributed by atoms with Crippen LogP contribution < -0.4 is 10.5 Å². The molecule has 1 aliphatic rings. The summed E-state index contributed by atoms with van der Waals surface area (Å²) in [5, 5.41) is 0. The highest BCUT2D eigenvalue weighted by atomic mass is 32.2. The maximum Gasteiger partial charge on any atom is 0.241 e. The van der Waals surface area contributed by atoms with Gasteiger partial charge in [-0.3, -0.25) is 0 Å². The van der Waals surface area contributed by atoms with Gasteiger partial charge in [-0.15, -0.1) is 0 Å². The van der Waals surface area contributed by atoms with Gasteiger partial charge in [0.15, 0.2) is 0 Å². The number of benzene rings is 1. The zero-order valence-electron chi connectivity index (χ0n) is 12.2. The van der Waals surface area contributed by atoms with Crippen molar-refractivity contribution in [2.45, 2.75) is 45.2 Å². The van der Waals surface area contributed by atoms with E-state index in [4.69, 9.17) is 5.73 Å². The Kier molecular flexibility index (Phi) is 3.48. The van der Waals surface area contributed by atoms with Gasteiger partial charge in [0.25, 0.3) is 0 Å². The van der Waals surface area contributed by atoms with E-state index in [0.717, 1.165) is 6.07 Å². The molecular formula is C14H21FN2O2S. The van der Waals surface area contributed by atoms with Crippen molar-refractivity contribution in [2.75, 3.05) is 0 Å². The summed E-state index contributed by atoms with van der Waals surface area (Å²) in [6.07, 6.45) is 0. The molecule has 0 saturated heterocycles. The van der Waals surface area contributed by atoms with Crippen molar-refractivity contribution >= 4 is 10.0 Å². The van der Waals surface area contributed by atoms with Crippen molar-refractivity contribution < 1.29 is 12.8 Å². The normalized spacial score (nSPS) is 20.9. The van der Waals surface area contributed by atoms with Crippen LogP contribution in [0.25, 0.3) is 0 Å². The van der Waals surface area contributed by atoms with Crippen molar-refractivity contribution in [3.05, 3.63) is 29.6 Å². The lowest BCUT2D eigenvalue weighted by atomic mass is 10.0. The number of nitrogens with two attached hydrogens (primary N) is 1. The standard InChI is InChI=1S/C14H21FN2O2S/c1-13(2)12(14(13,3)4)17-20(18,19)11-7-10(15)6-5-9(11)8-16/h5-7,12,17H,8,16H2,1-4H3. The molecule has 0 aliphatic heterocycles. The van der Waals surface area contributed by atoms with Crippen molar-refractivity contribution in [2.24, 2.45) is 16.6 Å². The van der Waals surface area contributed by atoms with Gasteiger partial charge in [-0.1, -0.05) is 33.8 Å². The molecule has 0 heterocycles.